The zero-order chi connectivity index (χ0) is 22.0. The number of piperidine rings is 1. The van der Waals surface area contributed by atoms with Crippen molar-refractivity contribution >= 4 is 17.6 Å². The number of carbonyl (C=O) groups excluding carboxylic acids is 2. The number of rotatable bonds is 5. The van der Waals surface area contributed by atoms with E-state index in [0.29, 0.717) is 63.5 Å². The molecule has 2 aliphatic heterocycles. The van der Waals surface area contributed by atoms with Crippen molar-refractivity contribution in [1.29, 1.82) is 0 Å². The van der Waals surface area contributed by atoms with Crippen molar-refractivity contribution in [2.24, 2.45) is 5.92 Å². The van der Waals surface area contributed by atoms with Gasteiger partial charge < -0.3 is 15.0 Å². The summed E-state index contributed by atoms with van der Waals surface area (Å²) in [7, 11) is 0. The number of amides is 2. The highest BCUT2D eigenvalue weighted by atomic mass is 19.1. The molecule has 0 bridgehead atoms. The van der Waals surface area contributed by atoms with Gasteiger partial charge in [-0.3, -0.25) is 9.59 Å². The first-order valence-electron chi connectivity index (χ1n) is 10.3. The van der Waals surface area contributed by atoms with Crippen molar-refractivity contribution in [3.8, 4) is 0 Å². The molecule has 1 N–H and O–H groups in total. The zero-order valence-electron chi connectivity index (χ0n) is 16.8. The lowest BCUT2D eigenvalue weighted by molar-refractivity contribution is -0.131. The van der Waals surface area contributed by atoms with E-state index in [-0.39, 0.29) is 17.9 Å². The minimum Gasteiger partial charge on any atom is -0.381 e. The molecule has 0 aliphatic carbocycles. The molecule has 0 spiro atoms. The van der Waals surface area contributed by atoms with Gasteiger partial charge in [-0.15, -0.1) is 0 Å². The molecule has 2 saturated heterocycles. The molecule has 3 heterocycles. The summed E-state index contributed by atoms with van der Waals surface area (Å²) in [5.41, 5.74) is -0.429. The van der Waals surface area contributed by atoms with Crippen LogP contribution in [-0.4, -0.2) is 52.8 Å². The zero-order valence-corrected chi connectivity index (χ0v) is 16.8. The van der Waals surface area contributed by atoms with Gasteiger partial charge in [-0.05, 0) is 19.3 Å². The summed E-state index contributed by atoms with van der Waals surface area (Å²) in [6.07, 6.45) is 3.00. The van der Waals surface area contributed by atoms with Gasteiger partial charge in [-0.25, -0.2) is 17.9 Å². The predicted octanol–water partition coefficient (Wildman–Crippen LogP) is 2.68. The maximum Gasteiger partial charge on any atom is 0.231 e. The number of carbonyl (C=O) groups is 2. The van der Waals surface area contributed by atoms with Gasteiger partial charge >= 0.3 is 0 Å². The van der Waals surface area contributed by atoms with Crippen LogP contribution in [0.25, 0.3) is 0 Å². The van der Waals surface area contributed by atoms with E-state index >= 15 is 0 Å². The third-order valence-electron chi connectivity index (χ3n) is 5.82. The predicted molar refractivity (Wildman–Crippen MR) is 105 cm³/mol. The summed E-state index contributed by atoms with van der Waals surface area (Å²) in [5, 5.41) is 7.22. The lowest BCUT2D eigenvalue weighted by atomic mass is 10.0. The highest BCUT2D eigenvalue weighted by Gasteiger charge is 2.28. The molecule has 1 aromatic carbocycles. The van der Waals surface area contributed by atoms with Crippen LogP contribution >= 0.6 is 0 Å². The fourth-order valence-electron chi connectivity index (χ4n) is 4.04. The van der Waals surface area contributed by atoms with Crippen molar-refractivity contribution in [2.75, 3.05) is 31.6 Å². The second-order valence-corrected chi connectivity index (χ2v) is 7.85. The molecular formula is C21H23F3N4O3. The number of likely N-dealkylation sites (tertiary alicyclic amines) is 1. The number of hydrogen-bond acceptors (Lipinski definition) is 4. The average molecular weight is 436 g/mol. The van der Waals surface area contributed by atoms with Gasteiger partial charge in [-0.2, -0.15) is 5.10 Å². The highest BCUT2D eigenvalue weighted by Crippen LogP contribution is 2.27. The van der Waals surface area contributed by atoms with Gasteiger partial charge in [0.15, 0.2) is 0 Å². The van der Waals surface area contributed by atoms with E-state index in [1.807, 2.05) is 0 Å². The Morgan fingerprint density at radius 2 is 1.84 bits per heavy atom. The minimum atomic E-state index is -1.06. The van der Waals surface area contributed by atoms with Crippen LogP contribution in [0.15, 0.2) is 24.4 Å². The average Bonchev–Trinajstić information content (AvgIpc) is 3.43. The first-order valence-corrected chi connectivity index (χ1v) is 10.3. The summed E-state index contributed by atoms with van der Waals surface area (Å²) in [6, 6.07) is 2.85. The third-order valence-corrected chi connectivity index (χ3v) is 5.82. The lowest BCUT2D eigenvalue weighted by Gasteiger charge is -2.33. The van der Waals surface area contributed by atoms with Gasteiger partial charge in [0.25, 0.3) is 0 Å². The Bertz CT molecular complexity index is 944. The molecule has 2 fully saturated rings. The molecule has 7 nitrogen and oxygen atoms in total. The number of nitrogens with one attached hydrogen (secondary N) is 1. The Labute approximate surface area is 177 Å². The standard InChI is InChI=1S/C21H23F3N4O3/c22-14-9-17(23)16(18(24)10-14)11-20(29)27-6-2-15(3-7-27)28-19(1-5-25-28)26-21(30)13-4-8-31-12-13/h1,5,9-10,13,15H,2-4,6-8,11-12H2,(H,26,30)/t13-/m0/s1. The fraction of sp³-hybridized carbons (Fsp3) is 0.476. The van der Waals surface area contributed by atoms with Crippen LogP contribution in [0.4, 0.5) is 19.0 Å². The molecule has 0 unspecified atom stereocenters. The maximum atomic E-state index is 13.8. The molecular weight excluding hydrogens is 413 g/mol. The second kappa shape index (κ2) is 9.09. The van der Waals surface area contributed by atoms with Gasteiger partial charge in [0.05, 0.1) is 31.2 Å². The number of benzene rings is 1. The van der Waals surface area contributed by atoms with Gasteiger partial charge in [0.2, 0.25) is 11.8 Å². The number of ether oxygens (including phenoxy) is 1. The number of nitrogens with zero attached hydrogens (tertiary/aromatic N) is 3. The van der Waals surface area contributed by atoms with Crippen LogP contribution in [0, 0.1) is 23.4 Å². The Balaban J connectivity index is 1.34. The molecule has 1 aromatic heterocycles. The van der Waals surface area contributed by atoms with Gasteiger partial charge in [-0.1, -0.05) is 0 Å². The Morgan fingerprint density at radius 1 is 1.13 bits per heavy atom. The second-order valence-electron chi connectivity index (χ2n) is 7.85. The summed E-state index contributed by atoms with van der Waals surface area (Å²) in [6.45, 7) is 1.76. The summed E-state index contributed by atoms with van der Waals surface area (Å²) in [5.74, 6) is -3.24. The van der Waals surface area contributed by atoms with E-state index in [9.17, 15) is 22.8 Å². The molecule has 166 valence electrons. The summed E-state index contributed by atoms with van der Waals surface area (Å²) >= 11 is 0. The highest BCUT2D eigenvalue weighted by molar-refractivity contribution is 5.92. The third kappa shape index (κ3) is 4.73. The van der Waals surface area contributed by atoms with Crippen molar-refractivity contribution in [3.63, 3.8) is 0 Å². The number of halogens is 3. The van der Waals surface area contributed by atoms with E-state index in [0.717, 1.165) is 0 Å². The summed E-state index contributed by atoms with van der Waals surface area (Å²) in [4.78, 5) is 26.4. The smallest absolute Gasteiger partial charge is 0.231 e. The quantitative estimate of drug-likeness (QED) is 0.782. The molecule has 4 rings (SSSR count). The number of hydrogen-bond donors (Lipinski definition) is 1. The van der Waals surface area contributed by atoms with E-state index in [1.54, 1.807) is 16.9 Å². The molecule has 1 atom stereocenters. The molecule has 2 amide bonds. The summed E-state index contributed by atoms with van der Waals surface area (Å²) < 4.78 is 47.7. The first-order chi connectivity index (χ1) is 14.9. The molecule has 10 heteroatoms. The van der Waals surface area contributed by atoms with Crippen LogP contribution in [-0.2, 0) is 20.7 Å². The van der Waals surface area contributed by atoms with Crippen LogP contribution in [0.3, 0.4) is 0 Å². The van der Waals surface area contributed by atoms with Crippen molar-refractivity contribution in [2.45, 2.75) is 31.7 Å². The molecule has 0 radical (unpaired) electrons. The van der Waals surface area contributed by atoms with Crippen molar-refractivity contribution < 1.29 is 27.5 Å². The minimum absolute atomic E-state index is 0.0199. The SMILES string of the molecule is O=C(Nc1ccnn1C1CCN(C(=O)Cc2c(F)cc(F)cc2F)CC1)[C@H]1CCOC1. The topological polar surface area (TPSA) is 76.5 Å². The normalized spacial score (nSPS) is 19.6. The number of anilines is 1. The molecule has 0 saturated carbocycles. The monoisotopic (exact) mass is 436 g/mol. The van der Waals surface area contributed by atoms with Crippen molar-refractivity contribution in [3.05, 3.63) is 47.4 Å². The van der Waals surface area contributed by atoms with Crippen LogP contribution in [0.1, 0.15) is 30.9 Å². The molecule has 2 aliphatic rings. The first kappa shape index (κ1) is 21.4. The van der Waals surface area contributed by atoms with E-state index in [4.69, 9.17) is 4.74 Å². The Kier molecular flexibility index (Phi) is 6.26. The van der Waals surface area contributed by atoms with Gasteiger partial charge in [0, 0.05) is 43.5 Å². The fourth-order valence-corrected chi connectivity index (χ4v) is 4.04. The number of aromatic nitrogens is 2. The Hall–Kier alpha value is -2.88. The van der Waals surface area contributed by atoms with E-state index in [2.05, 4.69) is 10.4 Å². The van der Waals surface area contributed by atoms with Crippen LogP contribution in [0.2, 0.25) is 0 Å². The Morgan fingerprint density at radius 3 is 2.48 bits per heavy atom. The van der Waals surface area contributed by atoms with Crippen molar-refractivity contribution in [1.82, 2.24) is 14.7 Å². The van der Waals surface area contributed by atoms with Crippen LogP contribution in [0.5, 0.6) is 0 Å². The van der Waals surface area contributed by atoms with E-state index in [1.165, 1.54) is 4.90 Å². The molecule has 2 aromatic rings. The van der Waals surface area contributed by atoms with Crippen LogP contribution < -0.4 is 5.32 Å². The van der Waals surface area contributed by atoms with E-state index < -0.39 is 35.3 Å². The largest absolute Gasteiger partial charge is 0.381 e. The van der Waals surface area contributed by atoms with Gasteiger partial charge in [0.1, 0.15) is 23.3 Å². The lowest BCUT2D eigenvalue weighted by Crippen LogP contribution is -2.40. The molecule has 31 heavy (non-hydrogen) atoms. The maximum absolute atomic E-state index is 13.8.